The molecule has 2 amide bonds. The Morgan fingerprint density at radius 1 is 1.36 bits per heavy atom. The number of aryl methyl sites for hydroxylation is 1. The smallest absolute Gasteiger partial charge is 0.315 e. The van der Waals surface area contributed by atoms with Gasteiger partial charge >= 0.3 is 6.03 Å². The minimum Gasteiger partial charge on any atom is -0.497 e. The lowest BCUT2D eigenvalue weighted by Gasteiger charge is -2.18. The van der Waals surface area contributed by atoms with Crippen molar-refractivity contribution in [2.45, 2.75) is 32.9 Å². The maximum Gasteiger partial charge on any atom is 0.315 e. The van der Waals surface area contributed by atoms with Gasteiger partial charge in [0.1, 0.15) is 5.75 Å². The van der Waals surface area contributed by atoms with Gasteiger partial charge in [0.05, 0.1) is 30.4 Å². The van der Waals surface area contributed by atoms with Gasteiger partial charge in [-0.25, -0.2) is 9.78 Å². The molecule has 2 aromatic rings. The lowest BCUT2D eigenvalue weighted by Crippen LogP contribution is -2.37. The van der Waals surface area contributed by atoms with Gasteiger partial charge in [-0.3, -0.25) is 0 Å². The highest BCUT2D eigenvalue weighted by Gasteiger charge is 2.12. The third-order valence-corrected chi connectivity index (χ3v) is 4.15. The maximum atomic E-state index is 12.0. The lowest BCUT2D eigenvalue weighted by atomic mass is 10.0. The van der Waals surface area contributed by atoms with E-state index in [0.29, 0.717) is 6.54 Å². The summed E-state index contributed by atoms with van der Waals surface area (Å²) in [4.78, 5) is 16.3. The summed E-state index contributed by atoms with van der Waals surface area (Å²) in [6.45, 7) is 4.43. The third-order valence-electron chi connectivity index (χ3n) is 3.33. The Balaban J connectivity index is 1.89. The second kappa shape index (κ2) is 7.79. The van der Waals surface area contributed by atoms with Crippen molar-refractivity contribution in [1.29, 1.82) is 0 Å². The van der Waals surface area contributed by atoms with Crippen LogP contribution in [-0.4, -0.2) is 18.1 Å². The number of carbonyl (C=O) groups excluding carboxylic acids is 1. The van der Waals surface area contributed by atoms with Crippen molar-refractivity contribution in [3.05, 3.63) is 45.9 Å². The van der Waals surface area contributed by atoms with Crippen LogP contribution in [0.1, 0.15) is 35.7 Å². The summed E-state index contributed by atoms with van der Waals surface area (Å²) < 4.78 is 5.15. The van der Waals surface area contributed by atoms with E-state index in [1.54, 1.807) is 18.4 Å². The van der Waals surface area contributed by atoms with E-state index in [9.17, 15) is 4.79 Å². The largest absolute Gasteiger partial charge is 0.497 e. The molecule has 0 aliphatic rings. The van der Waals surface area contributed by atoms with Gasteiger partial charge < -0.3 is 15.4 Å². The molecule has 1 heterocycles. The van der Waals surface area contributed by atoms with Gasteiger partial charge in [0.25, 0.3) is 0 Å². The summed E-state index contributed by atoms with van der Waals surface area (Å²) in [5, 5.41) is 8.78. The minimum atomic E-state index is -0.187. The van der Waals surface area contributed by atoms with Crippen LogP contribution in [0.25, 0.3) is 0 Å². The van der Waals surface area contributed by atoms with E-state index in [4.69, 9.17) is 4.74 Å². The molecule has 0 unspecified atom stereocenters. The van der Waals surface area contributed by atoms with Gasteiger partial charge in [0, 0.05) is 5.38 Å². The number of benzene rings is 1. The Bertz CT molecular complexity index is 610. The highest BCUT2D eigenvalue weighted by atomic mass is 32.1. The fraction of sp³-hybridized carbons (Fsp3) is 0.375. The first kappa shape index (κ1) is 16.3. The quantitative estimate of drug-likeness (QED) is 0.857. The first-order chi connectivity index (χ1) is 10.6. The number of ether oxygens (including phenoxy) is 1. The van der Waals surface area contributed by atoms with E-state index >= 15 is 0 Å². The maximum absolute atomic E-state index is 12.0. The van der Waals surface area contributed by atoms with Crippen molar-refractivity contribution in [2.75, 3.05) is 7.11 Å². The summed E-state index contributed by atoms with van der Waals surface area (Å²) >= 11 is 1.58. The third kappa shape index (κ3) is 4.46. The number of thiazole rings is 1. The fourth-order valence-electron chi connectivity index (χ4n) is 2.13. The molecule has 22 heavy (non-hydrogen) atoms. The molecule has 1 aromatic carbocycles. The van der Waals surface area contributed by atoms with E-state index in [0.717, 1.165) is 28.4 Å². The number of rotatable bonds is 6. The number of methoxy groups -OCH3 is 1. The van der Waals surface area contributed by atoms with E-state index in [-0.39, 0.29) is 12.1 Å². The SMILES string of the molecule is CC[C@H](NC(=O)NCc1csc(C)n1)c1ccc(OC)cc1. The normalized spacial score (nSPS) is 11.8. The van der Waals surface area contributed by atoms with Crippen LogP contribution >= 0.6 is 11.3 Å². The summed E-state index contributed by atoms with van der Waals surface area (Å²) in [5.41, 5.74) is 1.94. The summed E-state index contributed by atoms with van der Waals surface area (Å²) in [7, 11) is 1.64. The average Bonchev–Trinajstić information content (AvgIpc) is 2.96. The molecular weight excluding hydrogens is 298 g/mol. The van der Waals surface area contributed by atoms with Gasteiger partial charge in [-0.2, -0.15) is 0 Å². The fourth-order valence-corrected chi connectivity index (χ4v) is 2.74. The topological polar surface area (TPSA) is 63.2 Å². The zero-order chi connectivity index (χ0) is 15.9. The van der Waals surface area contributed by atoms with Crippen LogP contribution in [0.3, 0.4) is 0 Å². The average molecular weight is 319 g/mol. The van der Waals surface area contributed by atoms with Crippen LogP contribution in [0.5, 0.6) is 5.75 Å². The highest BCUT2D eigenvalue weighted by molar-refractivity contribution is 7.09. The molecular formula is C16H21N3O2S. The number of hydrogen-bond donors (Lipinski definition) is 2. The van der Waals surface area contributed by atoms with Crippen LogP contribution in [-0.2, 0) is 6.54 Å². The monoisotopic (exact) mass is 319 g/mol. The second-order valence-corrected chi connectivity index (χ2v) is 5.98. The number of aromatic nitrogens is 1. The zero-order valence-electron chi connectivity index (χ0n) is 13.1. The van der Waals surface area contributed by atoms with Gasteiger partial charge in [0.15, 0.2) is 0 Å². The molecule has 0 radical (unpaired) electrons. The van der Waals surface area contributed by atoms with Crippen LogP contribution in [0.2, 0.25) is 0 Å². The molecule has 0 aliphatic carbocycles. The van der Waals surface area contributed by atoms with Gasteiger partial charge in [-0.15, -0.1) is 11.3 Å². The van der Waals surface area contributed by atoms with Crippen molar-refractivity contribution in [1.82, 2.24) is 15.6 Å². The Kier molecular flexibility index (Phi) is 5.77. The Morgan fingerprint density at radius 2 is 2.09 bits per heavy atom. The molecule has 1 aromatic heterocycles. The first-order valence-corrected chi connectivity index (χ1v) is 8.09. The molecule has 1 atom stereocenters. The molecule has 0 fully saturated rings. The Morgan fingerprint density at radius 3 is 2.64 bits per heavy atom. The van der Waals surface area contributed by atoms with Crippen molar-refractivity contribution >= 4 is 17.4 Å². The van der Waals surface area contributed by atoms with Gasteiger partial charge in [-0.1, -0.05) is 19.1 Å². The van der Waals surface area contributed by atoms with Crippen molar-refractivity contribution in [2.24, 2.45) is 0 Å². The molecule has 0 aliphatic heterocycles. The number of carbonyl (C=O) groups is 1. The number of nitrogens with one attached hydrogen (secondary N) is 2. The van der Waals surface area contributed by atoms with Crippen molar-refractivity contribution < 1.29 is 9.53 Å². The van der Waals surface area contributed by atoms with E-state index < -0.39 is 0 Å². The Hall–Kier alpha value is -2.08. The van der Waals surface area contributed by atoms with Crippen LogP contribution in [0.15, 0.2) is 29.6 Å². The molecule has 2 rings (SSSR count). The summed E-state index contributed by atoms with van der Waals surface area (Å²) in [5.74, 6) is 0.807. The van der Waals surface area contributed by atoms with Gasteiger partial charge in [-0.05, 0) is 31.0 Å². The predicted octanol–water partition coefficient (Wildman–Crippen LogP) is 3.41. The molecule has 6 heteroatoms. The standard InChI is InChI=1S/C16H21N3O2S/c1-4-15(12-5-7-14(21-3)8-6-12)19-16(20)17-9-13-10-22-11(2)18-13/h5-8,10,15H,4,9H2,1-3H3,(H2,17,19,20)/t15-/m0/s1. The van der Waals surface area contributed by atoms with Crippen molar-refractivity contribution in [3.63, 3.8) is 0 Å². The van der Waals surface area contributed by atoms with Crippen LogP contribution in [0.4, 0.5) is 4.79 Å². The van der Waals surface area contributed by atoms with Gasteiger partial charge in [0.2, 0.25) is 0 Å². The zero-order valence-corrected chi connectivity index (χ0v) is 13.9. The van der Waals surface area contributed by atoms with E-state index in [1.807, 2.05) is 43.5 Å². The first-order valence-electron chi connectivity index (χ1n) is 7.21. The number of amides is 2. The molecule has 0 saturated heterocycles. The van der Waals surface area contributed by atoms with Crippen molar-refractivity contribution in [3.8, 4) is 5.75 Å². The summed E-state index contributed by atoms with van der Waals surface area (Å²) in [6.07, 6.45) is 0.815. The molecule has 2 N–H and O–H groups in total. The molecule has 0 bridgehead atoms. The lowest BCUT2D eigenvalue weighted by molar-refractivity contribution is 0.236. The number of nitrogens with zero attached hydrogens (tertiary/aromatic N) is 1. The van der Waals surface area contributed by atoms with E-state index in [2.05, 4.69) is 15.6 Å². The minimum absolute atomic E-state index is 0.0249. The predicted molar refractivity (Wildman–Crippen MR) is 88.2 cm³/mol. The Labute approximate surface area is 134 Å². The molecule has 0 saturated carbocycles. The van der Waals surface area contributed by atoms with Crippen LogP contribution < -0.4 is 15.4 Å². The molecule has 0 spiro atoms. The second-order valence-electron chi connectivity index (χ2n) is 4.92. The molecule has 118 valence electrons. The highest BCUT2D eigenvalue weighted by Crippen LogP contribution is 2.20. The number of urea groups is 1. The number of hydrogen-bond acceptors (Lipinski definition) is 4. The van der Waals surface area contributed by atoms with E-state index in [1.165, 1.54) is 0 Å². The summed E-state index contributed by atoms with van der Waals surface area (Å²) in [6, 6.07) is 7.52. The van der Waals surface area contributed by atoms with Crippen LogP contribution in [0, 0.1) is 6.92 Å². The molecule has 5 nitrogen and oxygen atoms in total.